The minimum absolute atomic E-state index is 0.0920. The highest BCUT2D eigenvalue weighted by molar-refractivity contribution is 14.1. The molecule has 104 valence electrons. The van der Waals surface area contributed by atoms with Crippen LogP contribution in [0.3, 0.4) is 0 Å². The van der Waals surface area contributed by atoms with Crippen molar-refractivity contribution >= 4 is 34.5 Å². The van der Waals surface area contributed by atoms with E-state index in [9.17, 15) is 14.7 Å². The summed E-state index contributed by atoms with van der Waals surface area (Å²) in [6.45, 7) is 0.459. The van der Waals surface area contributed by atoms with Crippen molar-refractivity contribution in [1.82, 2.24) is 4.90 Å². The van der Waals surface area contributed by atoms with Gasteiger partial charge in [0.25, 0.3) is 5.91 Å². The van der Waals surface area contributed by atoms with Crippen molar-refractivity contribution in [2.45, 2.75) is 12.8 Å². The third kappa shape index (κ3) is 4.70. The Morgan fingerprint density at radius 3 is 2.68 bits per heavy atom. The highest BCUT2D eigenvalue weighted by Gasteiger charge is 2.13. The lowest BCUT2D eigenvalue weighted by Gasteiger charge is -2.17. The van der Waals surface area contributed by atoms with Crippen LogP contribution in [0.2, 0.25) is 0 Å². The molecular weight excluding hydrogens is 361 g/mol. The molecule has 0 spiro atoms. The summed E-state index contributed by atoms with van der Waals surface area (Å²) in [5.41, 5.74) is 0.429. The molecule has 0 saturated heterocycles. The van der Waals surface area contributed by atoms with E-state index < -0.39 is 0 Å². The molecule has 0 fully saturated rings. The summed E-state index contributed by atoms with van der Waals surface area (Å²) in [6.07, 6.45) is 0.831. The SMILES string of the molecule is COC(=O)CCCN(C)C(=O)c1ccc(I)c(O)c1. The van der Waals surface area contributed by atoms with Gasteiger partial charge in [-0.2, -0.15) is 0 Å². The van der Waals surface area contributed by atoms with E-state index in [1.165, 1.54) is 18.1 Å². The number of phenols is 1. The van der Waals surface area contributed by atoms with Gasteiger partial charge >= 0.3 is 5.97 Å². The Hall–Kier alpha value is -1.31. The average molecular weight is 377 g/mol. The Balaban J connectivity index is 2.56. The Morgan fingerprint density at radius 2 is 2.11 bits per heavy atom. The first kappa shape index (κ1) is 15.7. The molecule has 0 unspecified atom stereocenters. The maximum Gasteiger partial charge on any atom is 0.305 e. The van der Waals surface area contributed by atoms with Crippen LogP contribution in [-0.4, -0.2) is 42.6 Å². The molecule has 0 aromatic heterocycles. The molecule has 19 heavy (non-hydrogen) atoms. The third-order valence-corrected chi connectivity index (χ3v) is 3.55. The molecule has 1 amide bonds. The highest BCUT2D eigenvalue weighted by atomic mass is 127. The van der Waals surface area contributed by atoms with Gasteiger partial charge in [-0.3, -0.25) is 9.59 Å². The van der Waals surface area contributed by atoms with Crippen molar-refractivity contribution in [3.8, 4) is 5.75 Å². The summed E-state index contributed by atoms with van der Waals surface area (Å²) < 4.78 is 5.23. The number of benzene rings is 1. The minimum atomic E-state index is -0.284. The fourth-order valence-corrected chi connectivity index (χ4v) is 1.87. The summed E-state index contributed by atoms with van der Waals surface area (Å²) in [6, 6.07) is 4.80. The second-order valence-corrected chi connectivity index (χ2v) is 5.23. The molecule has 0 radical (unpaired) electrons. The quantitative estimate of drug-likeness (QED) is 0.630. The molecule has 0 heterocycles. The number of rotatable bonds is 5. The normalized spacial score (nSPS) is 10.1. The maximum absolute atomic E-state index is 12.0. The van der Waals surface area contributed by atoms with Gasteiger partial charge in [0.2, 0.25) is 0 Å². The largest absolute Gasteiger partial charge is 0.507 e. The van der Waals surface area contributed by atoms with Gasteiger partial charge < -0.3 is 14.7 Å². The predicted molar refractivity (Wildman–Crippen MR) is 79.0 cm³/mol. The number of amides is 1. The van der Waals surface area contributed by atoms with Crippen LogP contribution in [0, 0.1) is 3.57 Å². The zero-order valence-corrected chi connectivity index (χ0v) is 13.0. The van der Waals surface area contributed by atoms with Gasteiger partial charge in [0.05, 0.1) is 10.7 Å². The number of halogens is 1. The minimum Gasteiger partial charge on any atom is -0.507 e. The fourth-order valence-electron chi connectivity index (χ4n) is 1.53. The Morgan fingerprint density at radius 1 is 1.42 bits per heavy atom. The van der Waals surface area contributed by atoms with Gasteiger partial charge in [0, 0.05) is 25.6 Å². The Labute approximate surface area is 125 Å². The fraction of sp³-hybridized carbons (Fsp3) is 0.385. The van der Waals surface area contributed by atoms with Gasteiger partial charge in [-0.15, -0.1) is 0 Å². The molecular formula is C13H16INO4. The Kier molecular flexibility index (Phi) is 6.07. The summed E-state index contributed by atoms with van der Waals surface area (Å²) in [5.74, 6) is -0.376. The molecule has 0 aliphatic rings. The van der Waals surface area contributed by atoms with E-state index in [1.54, 1.807) is 19.2 Å². The molecule has 5 nitrogen and oxygen atoms in total. The van der Waals surface area contributed by atoms with Gasteiger partial charge in [-0.05, 0) is 47.2 Å². The topological polar surface area (TPSA) is 66.8 Å². The van der Waals surface area contributed by atoms with Crippen LogP contribution < -0.4 is 0 Å². The first-order valence-corrected chi connectivity index (χ1v) is 6.84. The van der Waals surface area contributed by atoms with Crippen molar-refractivity contribution in [1.29, 1.82) is 0 Å². The zero-order chi connectivity index (χ0) is 14.4. The third-order valence-electron chi connectivity index (χ3n) is 2.64. The first-order chi connectivity index (χ1) is 8.95. The smallest absolute Gasteiger partial charge is 0.305 e. The molecule has 0 aliphatic heterocycles. The first-order valence-electron chi connectivity index (χ1n) is 5.76. The summed E-state index contributed by atoms with van der Waals surface area (Å²) in [4.78, 5) is 24.5. The number of esters is 1. The Bertz CT molecular complexity index is 476. The van der Waals surface area contributed by atoms with E-state index in [2.05, 4.69) is 4.74 Å². The van der Waals surface area contributed by atoms with E-state index in [-0.39, 0.29) is 24.0 Å². The number of ether oxygens (including phenoxy) is 1. The van der Waals surface area contributed by atoms with Gasteiger partial charge in [0.15, 0.2) is 0 Å². The molecule has 1 aromatic carbocycles. The van der Waals surface area contributed by atoms with Crippen molar-refractivity contribution in [2.24, 2.45) is 0 Å². The van der Waals surface area contributed by atoms with Crippen LogP contribution in [0.4, 0.5) is 0 Å². The number of nitrogens with zero attached hydrogens (tertiary/aromatic N) is 1. The number of aromatic hydroxyl groups is 1. The number of methoxy groups -OCH3 is 1. The lowest BCUT2D eigenvalue weighted by molar-refractivity contribution is -0.140. The van der Waals surface area contributed by atoms with Crippen molar-refractivity contribution in [2.75, 3.05) is 20.7 Å². The molecule has 1 rings (SSSR count). The molecule has 0 atom stereocenters. The summed E-state index contributed by atoms with van der Waals surface area (Å²) >= 11 is 1.99. The van der Waals surface area contributed by atoms with E-state index >= 15 is 0 Å². The monoisotopic (exact) mass is 377 g/mol. The number of hydrogen-bond donors (Lipinski definition) is 1. The summed E-state index contributed by atoms with van der Waals surface area (Å²) in [5, 5.41) is 9.57. The van der Waals surface area contributed by atoms with Crippen molar-refractivity contribution < 1.29 is 19.4 Å². The number of hydrogen-bond acceptors (Lipinski definition) is 4. The maximum atomic E-state index is 12.0. The zero-order valence-electron chi connectivity index (χ0n) is 10.9. The van der Waals surface area contributed by atoms with Crippen LogP contribution in [0.1, 0.15) is 23.2 Å². The van der Waals surface area contributed by atoms with Crippen LogP contribution in [0.5, 0.6) is 5.75 Å². The van der Waals surface area contributed by atoms with Crippen LogP contribution >= 0.6 is 22.6 Å². The number of phenolic OH excluding ortho intramolecular Hbond substituents is 1. The van der Waals surface area contributed by atoms with E-state index in [1.807, 2.05) is 22.6 Å². The van der Waals surface area contributed by atoms with E-state index in [0.29, 0.717) is 22.1 Å². The van der Waals surface area contributed by atoms with Crippen LogP contribution in [0.25, 0.3) is 0 Å². The van der Waals surface area contributed by atoms with Crippen molar-refractivity contribution in [3.05, 3.63) is 27.3 Å². The second kappa shape index (κ2) is 7.32. The average Bonchev–Trinajstić information content (AvgIpc) is 2.40. The lowest BCUT2D eigenvalue weighted by Crippen LogP contribution is -2.28. The van der Waals surface area contributed by atoms with E-state index in [0.717, 1.165) is 0 Å². The molecule has 6 heteroatoms. The molecule has 0 aliphatic carbocycles. The van der Waals surface area contributed by atoms with E-state index in [4.69, 9.17) is 0 Å². The second-order valence-electron chi connectivity index (χ2n) is 4.07. The van der Waals surface area contributed by atoms with Gasteiger partial charge in [0.1, 0.15) is 5.75 Å². The summed E-state index contributed by atoms with van der Waals surface area (Å²) in [7, 11) is 3.00. The van der Waals surface area contributed by atoms with Gasteiger partial charge in [-0.25, -0.2) is 0 Å². The predicted octanol–water partition coefficient (Wildman–Crippen LogP) is 2.02. The number of carbonyl (C=O) groups is 2. The van der Waals surface area contributed by atoms with Gasteiger partial charge in [-0.1, -0.05) is 0 Å². The standard InChI is InChI=1S/C13H16INO4/c1-15(7-3-4-12(17)19-2)13(18)9-5-6-10(14)11(16)8-9/h5-6,8,16H,3-4,7H2,1-2H3. The molecule has 0 bridgehead atoms. The van der Waals surface area contributed by atoms with Crippen LogP contribution in [-0.2, 0) is 9.53 Å². The highest BCUT2D eigenvalue weighted by Crippen LogP contribution is 2.21. The molecule has 1 aromatic rings. The number of carbonyl (C=O) groups excluding carboxylic acids is 2. The molecule has 0 saturated carbocycles. The molecule has 1 N–H and O–H groups in total. The van der Waals surface area contributed by atoms with Crippen LogP contribution in [0.15, 0.2) is 18.2 Å². The van der Waals surface area contributed by atoms with Crippen molar-refractivity contribution in [3.63, 3.8) is 0 Å². The lowest BCUT2D eigenvalue weighted by atomic mass is 10.2.